The summed E-state index contributed by atoms with van der Waals surface area (Å²) in [5, 5.41) is 0. The maximum Gasteiger partial charge on any atom is 0.257 e. The van der Waals surface area contributed by atoms with Crippen LogP contribution in [0.25, 0.3) is 11.2 Å². The molecule has 2 aromatic heterocycles. The lowest BCUT2D eigenvalue weighted by atomic mass is 10.1. The number of nitrogens with zero attached hydrogens (tertiary/aromatic N) is 5. The van der Waals surface area contributed by atoms with Gasteiger partial charge in [0.15, 0.2) is 5.65 Å². The lowest BCUT2D eigenvalue weighted by Gasteiger charge is -2.28. The van der Waals surface area contributed by atoms with Gasteiger partial charge < -0.3 is 14.4 Å². The molecule has 2 aromatic rings. The lowest BCUT2D eigenvalue weighted by Crippen LogP contribution is -2.49. The van der Waals surface area contributed by atoms with Crippen molar-refractivity contribution in [2.75, 3.05) is 24.7 Å². The van der Waals surface area contributed by atoms with Crippen molar-refractivity contribution in [3.8, 4) is 0 Å². The van der Waals surface area contributed by atoms with Gasteiger partial charge in [-0.25, -0.2) is 9.97 Å². The monoisotopic (exact) mass is 415 g/mol. The summed E-state index contributed by atoms with van der Waals surface area (Å²) in [5.74, 6) is 2.14. The molecule has 1 atom stereocenters. The highest BCUT2D eigenvalue weighted by atomic mass is 32.2. The molecule has 0 spiro atoms. The molecule has 0 aliphatic carbocycles. The average Bonchev–Trinajstić information content (AvgIpc) is 3.26. The number of amides is 2. The van der Waals surface area contributed by atoms with Crippen LogP contribution in [0.4, 0.5) is 0 Å². The van der Waals surface area contributed by atoms with Crippen molar-refractivity contribution in [1.82, 2.24) is 24.3 Å². The molecule has 4 heterocycles. The molecule has 0 bridgehead atoms. The highest BCUT2D eigenvalue weighted by molar-refractivity contribution is 7.99. The van der Waals surface area contributed by atoms with Crippen molar-refractivity contribution in [2.24, 2.45) is 0 Å². The van der Waals surface area contributed by atoms with E-state index in [-0.39, 0.29) is 11.8 Å². The van der Waals surface area contributed by atoms with Crippen molar-refractivity contribution in [1.29, 1.82) is 0 Å². The van der Waals surface area contributed by atoms with E-state index in [0.29, 0.717) is 35.8 Å². The first-order valence-corrected chi connectivity index (χ1v) is 11.7. The molecule has 0 unspecified atom stereocenters. The fourth-order valence-corrected chi connectivity index (χ4v) is 5.47. The van der Waals surface area contributed by atoms with E-state index in [9.17, 15) is 9.59 Å². The van der Waals surface area contributed by atoms with Gasteiger partial charge in [-0.1, -0.05) is 6.42 Å². The maximum absolute atomic E-state index is 13.6. The fraction of sp³-hybridized carbons (Fsp3) is 0.619. The predicted molar refractivity (Wildman–Crippen MR) is 115 cm³/mol. The Morgan fingerprint density at radius 3 is 2.76 bits per heavy atom. The molecule has 29 heavy (non-hydrogen) atoms. The molecule has 2 aliphatic rings. The first-order valence-electron chi connectivity index (χ1n) is 10.6. The topological polar surface area (TPSA) is 71.3 Å². The van der Waals surface area contributed by atoms with Gasteiger partial charge in [-0.15, -0.1) is 11.8 Å². The van der Waals surface area contributed by atoms with Gasteiger partial charge in [-0.2, -0.15) is 0 Å². The van der Waals surface area contributed by atoms with Crippen LogP contribution in [-0.2, 0) is 17.8 Å². The second-order valence-corrected chi connectivity index (χ2v) is 8.77. The van der Waals surface area contributed by atoms with Crippen molar-refractivity contribution in [2.45, 2.75) is 59.0 Å². The van der Waals surface area contributed by atoms with Crippen molar-refractivity contribution < 1.29 is 9.59 Å². The molecule has 2 aliphatic heterocycles. The predicted octanol–water partition coefficient (Wildman–Crippen LogP) is 2.85. The number of rotatable bonds is 4. The SMILES string of the molecule is CCN(CC)C(=O)[C@H]1CSCN1C(=O)c1cc(C)nc2c1nc1n2CCCCC1. The molecule has 0 radical (unpaired) electrons. The molecule has 0 saturated carbocycles. The Hall–Kier alpha value is -2.09. The number of fused-ring (bicyclic) bond motifs is 3. The van der Waals surface area contributed by atoms with Gasteiger partial charge in [-0.05, 0) is 39.7 Å². The first kappa shape index (κ1) is 20.2. The zero-order valence-corrected chi connectivity index (χ0v) is 18.3. The number of aromatic nitrogens is 3. The summed E-state index contributed by atoms with van der Waals surface area (Å²) in [6.45, 7) is 8.09. The van der Waals surface area contributed by atoms with Gasteiger partial charge in [-0.3, -0.25) is 9.59 Å². The summed E-state index contributed by atoms with van der Waals surface area (Å²) in [6.07, 6.45) is 4.35. The van der Waals surface area contributed by atoms with E-state index in [0.717, 1.165) is 43.0 Å². The molecular weight excluding hydrogens is 386 g/mol. The Morgan fingerprint density at radius 1 is 1.21 bits per heavy atom. The fourth-order valence-electron chi connectivity index (χ4n) is 4.33. The van der Waals surface area contributed by atoms with Crippen molar-refractivity contribution >= 4 is 34.7 Å². The number of imidazole rings is 1. The van der Waals surface area contributed by atoms with Crippen LogP contribution in [0.3, 0.4) is 0 Å². The smallest absolute Gasteiger partial charge is 0.257 e. The highest BCUT2D eigenvalue weighted by Gasteiger charge is 2.38. The minimum atomic E-state index is -0.406. The summed E-state index contributed by atoms with van der Waals surface area (Å²) in [6, 6.07) is 1.43. The average molecular weight is 416 g/mol. The second-order valence-electron chi connectivity index (χ2n) is 7.77. The van der Waals surface area contributed by atoms with E-state index in [4.69, 9.17) is 9.97 Å². The van der Waals surface area contributed by atoms with Crippen LogP contribution in [-0.4, -0.2) is 66.9 Å². The van der Waals surface area contributed by atoms with Crippen molar-refractivity contribution in [3.05, 3.63) is 23.1 Å². The Bertz CT molecular complexity index is 937. The van der Waals surface area contributed by atoms with Crippen molar-refractivity contribution in [3.63, 3.8) is 0 Å². The van der Waals surface area contributed by atoms with Gasteiger partial charge in [0.2, 0.25) is 5.91 Å². The van der Waals surface area contributed by atoms with Gasteiger partial charge >= 0.3 is 0 Å². The zero-order valence-electron chi connectivity index (χ0n) is 17.5. The number of aryl methyl sites for hydroxylation is 3. The normalized spacial score (nSPS) is 19.3. The maximum atomic E-state index is 13.6. The van der Waals surface area contributed by atoms with E-state index in [1.54, 1.807) is 16.7 Å². The molecular formula is C21H29N5O2S. The van der Waals surface area contributed by atoms with Crippen LogP contribution in [0, 0.1) is 6.92 Å². The molecule has 156 valence electrons. The van der Waals surface area contributed by atoms with Gasteiger partial charge in [0.1, 0.15) is 17.4 Å². The molecule has 4 rings (SSSR count). The van der Waals surface area contributed by atoms with Crippen LogP contribution in [0.15, 0.2) is 6.07 Å². The molecule has 0 N–H and O–H groups in total. The zero-order chi connectivity index (χ0) is 20.5. The van der Waals surface area contributed by atoms with E-state index < -0.39 is 6.04 Å². The highest BCUT2D eigenvalue weighted by Crippen LogP contribution is 2.29. The van der Waals surface area contributed by atoms with Crippen LogP contribution >= 0.6 is 11.8 Å². The first-order chi connectivity index (χ1) is 14.0. The lowest BCUT2D eigenvalue weighted by molar-refractivity contribution is -0.134. The summed E-state index contributed by atoms with van der Waals surface area (Å²) >= 11 is 1.64. The Kier molecular flexibility index (Phi) is 5.81. The number of carbonyl (C=O) groups excluding carboxylic acids is 2. The minimum absolute atomic E-state index is 0.0380. The summed E-state index contributed by atoms with van der Waals surface area (Å²) < 4.78 is 2.18. The van der Waals surface area contributed by atoms with E-state index in [1.807, 2.05) is 31.7 Å². The Labute approximate surface area is 175 Å². The quantitative estimate of drug-likeness (QED) is 0.768. The number of thioether (sulfide) groups is 1. The van der Waals surface area contributed by atoms with Crippen LogP contribution < -0.4 is 0 Å². The number of hydrogen-bond donors (Lipinski definition) is 0. The molecule has 1 saturated heterocycles. The van der Waals surface area contributed by atoms with E-state index in [2.05, 4.69) is 4.57 Å². The third-order valence-electron chi connectivity index (χ3n) is 5.93. The standard InChI is InChI=1S/C21H29N5O2S/c1-4-24(5-2)21(28)16-12-29-13-26(16)20(27)15-11-14(3)22-19-18(15)23-17-9-7-6-8-10-25(17)19/h11,16H,4-10,12-13H2,1-3H3/t16-/m1/s1. The molecule has 2 amide bonds. The molecule has 1 fully saturated rings. The number of likely N-dealkylation sites (N-methyl/N-ethyl adjacent to an activating group) is 1. The van der Waals surface area contributed by atoms with Crippen LogP contribution in [0.5, 0.6) is 0 Å². The largest absolute Gasteiger partial charge is 0.341 e. The third-order valence-corrected chi connectivity index (χ3v) is 6.94. The molecule has 0 aromatic carbocycles. The number of pyridine rings is 1. The summed E-state index contributed by atoms with van der Waals surface area (Å²) in [7, 11) is 0. The van der Waals surface area contributed by atoms with Gasteiger partial charge in [0.25, 0.3) is 5.91 Å². The molecule has 8 heteroatoms. The van der Waals surface area contributed by atoms with E-state index >= 15 is 0 Å². The van der Waals surface area contributed by atoms with Gasteiger partial charge in [0, 0.05) is 37.5 Å². The third kappa shape index (κ3) is 3.63. The van der Waals surface area contributed by atoms with Crippen LogP contribution in [0.1, 0.15) is 55.0 Å². The summed E-state index contributed by atoms with van der Waals surface area (Å²) in [5.41, 5.74) is 2.88. The second kappa shape index (κ2) is 8.34. The Balaban J connectivity index is 1.72. The molecule has 7 nitrogen and oxygen atoms in total. The number of hydrogen-bond acceptors (Lipinski definition) is 5. The summed E-state index contributed by atoms with van der Waals surface area (Å²) in [4.78, 5) is 39.6. The number of carbonyl (C=O) groups is 2. The Morgan fingerprint density at radius 2 is 2.00 bits per heavy atom. The van der Waals surface area contributed by atoms with Gasteiger partial charge in [0.05, 0.1) is 11.4 Å². The van der Waals surface area contributed by atoms with E-state index in [1.165, 1.54) is 6.42 Å². The minimum Gasteiger partial charge on any atom is -0.341 e. The van der Waals surface area contributed by atoms with Crippen LogP contribution in [0.2, 0.25) is 0 Å².